The number of hydrogen-bond acceptors (Lipinski definition) is 5. The highest BCUT2D eigenvalue weighted by atomic mass is 15.3. The van der Waals surface area contributed by atoms with Crippen LogP contribution in [0.5, 0.6) is 0 Å². The highest BCUT2D eigenvalue weighted by Gasteiger charge is 2.16. The first-order valence-corrected chi connectivity index (χ1v) is 9.56. The van der Waals surface area contributed by atoms with Crippen molar-refractivity contribution in [2.75, 3.05) is 12.0 Å². The van der Waals surface area contributed by atoms with Crippen molar-refractivity contribution in [2.45, 2.75) is 6.92 Å². The van der Waals surface area contributed by atoms with E-state index < -0.39 is 0 Å². The van der Waals surface area contributed by atoms with Crippen LogP contribution in [0.25, 0.3) is 6.08 Å². The van der Waals surface area contributed by atoms with Gasteiger partial charge in [0.05, 0.1) is 22.8 Å². The summed E-state index contributed by atoms with van der Waals surface area (Å²) in [6.07, 6.45) is 4.09. The molecule has 0 aromatic heterocycles. The third kappa shape index (κ3) is 4.52. The zero-order valence-corrected chi connectivity index (χ0v) is 16.2. The average molecular weight is 379 g/mol. The van der Waals surface area contributed by atoms with Crippen LogP contribution >= 0.6 is 0 Å². The molecule has 0 saturated carbocycles. The Bertz CT molecular complexity index is 1090. The standard InChI is InChI=1S/C24H21N5/c1-2-25-23-17-12-18-8-6-7-11-22(18)24(23)29-28-21-15-13-20(14-16-21)27-26-19-9-4-3-5-10-19/h3-17,28H,2H2,1H3. The zero-order chi connectivity index (χ0) is 19.9. The SMILES string of the molecule is CCN=C1C=Cc2ccccc2C1=NNc1ccc(N=Nc2ccccc2)cc1. The van der Waals surface area contributed by atoms with Crippen molar-refractivity contribution in [3.8, 4) is 0 Å². The Labute approximate surface area is 170 Å². The van der Waals surface area contributed by atoms with Crippen molar-refractivity contribution in [2.24, 2.45) is 20.3 Å². The fraction of sp³-hybridized carbons (Fsp3) is 0.0833. The summed E-state index contributed by atoms with van der Waals surface area (Å²) >= 11 is 0. The summed E-state index contributed by atoms with van der Waals surface area (Å²) in [6, 6.07) is 25.5. The van der Waals surface area contributed by atoms with Crippen molar-refractivity contribution in [1.82, 2.24) is 0 Å². The van der Waals surface area contributed by atoms with Gasteiger partial charge in [-0.25, -0.2) is 0 Å². The number of rotatable bonds is 5. The number of nitrogens with one attached hydrogen (secondary N) is 1. The monoisotopic (exact) mass is 379 g/mol. The van der Waals surface area contributed by atoms with Gasteiger partial charge in [0.15, 0.2) is 0 Å². The number of benzene rings is 3. The second kappa shape index (κ2) is 8.89. The van der Waals surface area contributed by atoms with Gasteiger partial charge in [-0.05, 0) is 55.0 Å². The fourth-order valence-electron chi connectivity index (χ4n) is 2.99. The minimum Gasteiger partial charge on any atom is -0.283 e. The molecule has 0 unspecified atom stereocenters. The topological polar surface area (TPSA) is 61.5 Å². The van der Waals surface area contributed by atoms with Crippen LogP contribution in [0.4, 0.5) is 17.1 Å². The molecule has 0 spiro atoms. The van der Waals surface area contributed by atoms with E-state index in [1.54, 1.807) is 0 Å². The van der Waals surface area contributed by atoms with Gasteiger partial charge in [0.2, 0.25) is 0 Å². The molecule has 3 aromatic carbocycles. The first-order chi connectivity index (χ1) is 14.3. The summed E-state index contributed by atoms with van der Waals surface area (Å²) in [6.45, 7) is 2.73. The van der Waals surface area contributed by atoms with E-state index in [2.05, 4.69) is 44.0 Å². The molecule has 4 rings (SSSR count). The Kier molecular flexibility index (Phi) is 5.67. The highest BCUT2D eigenvalue weighted by molar-refractivity contribution is 6.54. The van der Waals surface area contributed by atoms with Gasteiger partial charge < -0.3 is 0 Å². The first-order valence-electron chi connectivity index (χ1n) is 9.56. The maximum absolute atomic E-state index is 4.65. The molecular formula is C24H21N5. The van der Waals surface area contributed by atoms with E-state index in [1.807, 2.05) is 79.7 Å². The molecule has 5 nitrogen and oxygen atoms in total. The predicted molar refractivity (Wildman–Crippen MR) is 121 cm³/mol. The van der Waals surface area contributed by atoms with E-state index >= 15 is 0 Å². The van der Waals surface area contributed by atoms with Gasteiger partial charge in [0.25, 0.3) is 0 Å². The largest absolute Gasteiger partial charge is 0.283 e. The number of fused-ring (bicyclic) bond motifs is 1. The summed E-state index contributed by atoms with van der Waals surface area (Å²) in [5, 5.41) is 13.2. The van der Waals surface area contributed by atoms with Gasteiger partial charge >= 0.3 is 0 Å². The molecule has 1 aliphatic carbocycles. The van der Waals surface area contributed by atoms with Gasteiger partial charge in [0, 0.05) is 12.1 Å². The van der Waals surface area contributed by atoms with Gasteiger partial charge in [-0.2, -0.15) is 15.3 Å². The minimum absolute atomic E-state index is 0.710. The molecule has 142 valence electrons. The molecular weight excluding hydrogens is 358 g/mol. The molecule has 0 heterocycles. The molecule has 0 amide bonds. The maximum Gasteiger partial charge on any atom is 0.116 e. The molecule has 0 aliphatic heterocycles. The van der Waals surface area contributed by atoms with Crippen LogP contribution in [-0.2, 0) is 0 Å². The third-order valence-corrected chi connectivity index (χ3v) is 4.41. The van der Waals surface area contributed by atoms with Crippen molar-refractivity contribution >= 4 is 34.6 Å². The van der Waals surface area contributed by atoms with E-state index in [4.69, 9.17) is 0 Å². The summed E-state index contributed by atoms with van der Waals surface area (Å²) in [4.78, 5) is 4.58. The molecule has 0 fully saturated rings. The molecule has 0 saturated heterocycles. The number of allylic oxidation sites excluding steroid dienone is 1. The summed E-state index contributed by atoms with van der Waals surface area (Å²) in [5.74, 6) is 0. The molecule has 0 radical (unpaired) electrons. The lowest BCUT2D eigenvalue weighted by Crippen LogP contribution is -2.20. The number of anilines is 1. The van der Waals surface area contributed by atoms with Gasteiger partial charge in [-0.3, -0.25) is 10.4 Å². The zero-order valence-electron chi connectivity index (χ0n) is 16.2. The van der Waals surface area contributed by atoms with Crippen LogP contribution < -0.4 is 5.43 Å². The summed E-state index contributed by atoms with van der Waals surface area (Å²) in [5.41, 5.74) is 9.57. The molecule has 1 N–H and O–H groups in total. The fourth-order valence-corrected chi connectivity index (χ4v) is 2.99. The maximum atomic E-state index is 4.65. The molecule has 0 atom stereocenters. The Balaban J connectivity index is 1.53. The van der Waals surface area contributed by atoms with E-state index in [1.165, 1.54) is 0 Å². The molecule has 29 heavy (non-hydrogen) atoms. The molecule has 0 bridgehead atoms. The van der Waals surface area contributed by atoms with Crippen molar-refractivity contribution in [3.63, 3.8) is 0 Å². The molecule has 3 aromatic rings. The Morgan fingerprint density at radius 3 is 2.17 bits per heavy atom. The van der Waals surface area contributed by atoms with Crippen LogP contribution in [0.15, 0.2) is 105 Å². The lowest BCUT2D eigenvalue weighted by molar-refractivity contribution is 1.13. The van der Waals surface area contributed by atoms with E-state index in [0.29, 0.717) is 6.54 Å². The van der Waals surface area contributed by atoms with Crippen LogP contribution in [0, 0.1) is 0 Å². The van der Waals surface area contributed by atoms with Gasteiger partial charge in [0.1, 0.15) is 5.71 Å². The minimum atomic E-state index is 0.710. The number of nitrogens with zero attached hydrogens (tertiary/aromatic N) is 4. The third-order valence-electron chi connectivity index (χ3n) is 4.41. The number of hydrogen-bond donors (Lipinski definition) is 1. The Hall–Kier alpha value is -3.86. The smallest absolute Gasteiger partial charge is 0.116 e. The average Bonchev–Trinajstić information content (AvgIpc) is 2.78. The summed E-state index contributed by atoms with van der Waals surface area (Å²) in [7, 11) is 0. The number of aliphatic imine (C=N–C) groups is 1. The normalized spacial score (nSPS) is 15.8. The number of azo groups is 1. The lowest BCUT2D eigenvalue weighted by Gasteiger charge is -2.15. The van der Waals surface area contributed by atoms with E-state index in [9.17, 15) is 0 Å². The van der Waals surface area contributed by atoms with Gasteiger partial charge in [-0.1, -0.05) is 48.5 Å². The highest BCUT2D eigenvalue weighted by Crippen LogP contribution is 2.22. The molecule has 5 heteroatoms. The number of hydrazone groups is 1. The second-order valence-corrected chi connectivity index (χ2v) is 6.43. The van der Waals surface area contributed by atoms with Crippen LogP contribution in [0.3, 0.4) is 0 Å². The van der Waals surface area contributed by atoms with Crippen molar-refractivity contribution in [3.05, 3.63) is 96.1 Å². The van der Waals surface area contributed by atoms with E-state index in [0.717, 1.165) is 39.6 Å². The Morgan fingerprint density at radius 1 is 0.724 bits per heavy atom. The van der Waals surface area contributed by atoms with Gasteiger partial charge in [-0.15, -0.1) is 0 Å². The lowest BCUT2D eigenvalue weighted by atomic mass is 9.94. The van der Waals surface area contributed by atoms with Crippen LogP contribution in [0.1, 0.15) is 18.1 Å². The first kappa shape index (κ1) is 18.5. The summed E-state index contributed by atoms with van der Waals surface area (Å²) < 4.78 is 0. The quantitative estimate of drug-likeness (QED) is 0.404. The van der Waals surface area contributed by atoms with E-state index in [-0.39, 0.29) is 0 Å². The van der Waals surface area contributed by atoms with Crippen LogP contribution in [-0.4, -0.2) is 18.0 Å². The van der Waals surface area contributed by atoms with Crippen molar-refractivity contribution in [1.29, 1.82) is 0 Å². The molecule has 1 aliphatic rings. The predicted octanol–water partition coefficient (Wildman–Crippen LogP) is 6.41. The second-order valence-electron chi connectivity index (χ2n) is 6.43. The van der Waals surface area contributed by atoms with Crippen LogP contribution in [0.2, 0.25) is 0 Å². The van der Waals surface area contributed by atoms with Crippen molar-refractivity contribution < 1.29 is 0 Å². The Morgan fingerprint density at radius 2 is 1.41 bits per heavy atom.